The van der Waals surface area contributed by atoms with Crippen LogP contribution in [0.25, 0.3) is 10.2 Å². The topological polar surface area (TPSA) is 62.3 Å². The van der Waals surface area contributed by atoms with Gasteiger partial charge in [0.15, 0.2) is 0 Å². The summed E-state index contributed by atoms with van der Waals surface area (Å²) in [7, 11) is 0. The van der Waals surface area contributed by atoms with E-state index < -0.39 is 0 Å². The molecule has 5 nitrogen and oxygen atoms in total. The van der Waals surface area contributed by atoms with Crippen molar-refractivity contribution in [2.24, 2.45) is 5.92 Å². The summed E-state index contributed by atoms with van der Waals surface area (Å²) in [6, 6.07) is 8.31. The number of aromatic nitrogens is 1. The summed E-state index contributed by atoms with van der Waals surface area (Å²) in [6.07, 6.45) is 3.76. The molecule has 0 spiro atoms. The minimum atomic E-state index is 0.0456. The van der Waals surface area contributed by atoms with E-state index in [-0.39, 0.29) is 23.8 Å². The van der Waals surface area contributed by atoms with Crippen LogP contribution in [-0.4, -0.2) is 40.8 Å². The molecule has 140 valence electrons. The maximum atomic E-state index is 12.4. The third kappa shape index (κ3) is 4.81. The number of rotatable bonds is 6. The summed E-state index contributed by atoms with van der Waals surface area (Å²) in [5.41, 5.74) is 1.04. The zero-order valence-electron chi connectivity index (χ0n) is 15.5. The second-order valence-corrected chi connectivity index (χ2v) is 8.36. The van der Waals surface area contributed by atoms with E-state index in [0.29, 0.717) is 19.5 Å². The second kappa shape index (κ2) is 8.62. The lowest BCUT2D eigenvalue weighted by molar-refractivity contribution is -0.135. The van der Waals surface area contributed by atoms with Gasteiger partial charge in [-0.2, -0.15) is 0 Å². The van der Waals surface area contributed by atoms with E-state index in [0.717, 1.165) is 36.2 Å². The molecule has 2 aromatic rings. The highest BCUT2D eigenvalue weighted by atomic mass is 32.1. The molecule has 1 saturated heterocycles. The number of likely N-dealkylation sites (tertiary alicyclic amines) is 1. The highest BCUT2D eigenvalue weighted by molar-refractivity contribution is 7.18. The van der Waals surface area contributed by atoms with Crippen molar-refractivity contribution in [1.29, 1.82) is 0 Å². The fourth-order valence-corrected chi connectivity index (χ4v) is 4.38. The molecule has 1 aromatic carbocycles. The van der Waals surface area contributed by atoms with Gasteiger partial charge < -0.3 is 10.2 Å². The van der Waals surface area contributed by atoms with Crippen LogP contribution in [-0.2, 0) is 16.0 Å². The van der Waals surface area contributed by atoms with E-state index in [1.165, 1.54) is 4.70 Å². The maximum absolute atomic E-state index is 12.4. The van der Waals surface area contributed by atoms with Crippen molar-refractivity contribution in [3.05, 3.63) is 29.3 Å². The Hall–Kier alpha value is -1.95. The Labute approximate surface area is 158 Å². The standard InChI is InChI=1S/C20H27N3O2S/c1-14(2)21-20(25)15-10-12-23(13-11-15)19(24)9-5-8-18-22-16-6-3-4-7-17(16)26-18/h3-4,6-7,14-15H,5,8-13H2,1-2H3,(H,21,25). The molecule has 6 heteroatoms. The highest BCUT2D eigenvalue weighted by Gasteiger charge is 2.27. The molecule has 0 radical (unpaired) electrons. The zero-order chi connectivity index (χ0) is 18.5. The van der Waals surface area contributed by atoms with Gasteiger partial charge in [-0.25, -0.2) is 4.98 Å². The largest absolute Gasteiger partial charge is 0.354 e. The van der Waals surface area contributed by atoms with E-state index in [4.69, 9.17) is 0 Å². The number of amides is 2. The SMILES string of the molecule is CC(C)NC(=O)C1CCN(C(=O)CCCc2nc3ccccc3s2)CC1. The summed E-state index contributed by atoms with van der Waals surface area (Å²) >= 11 is 1.71. The third-order valence-corrected chi connectivity index (χ3v) is 5.87. The Bertz CT molecular complexity index is 730. The molecule has 1 fully saturated rings. The Morgan fingerprint density at radius 3 is 2.69 bits per heavy atom. The van der Waals surface area contributed by atoms with E-state index >= 15 is 0 Å². The minimum Gasteiger partial charge on any atom is -0.354 e. The molecule has 0 bridgehead atoms. The van der Waals surface area contributed by atoms with Gasteiger partial charge in [0.2, 0.25) is 11.8 Å². The first-order valence-electron chi connectivity index (χ1n) is 9.45. The zero-order valence-corrected chi connectivity index (χ0v) is 16.3. The monoisotopic (exact) mass is 373 g/mol. The predicted molar refractivity (Wildman–Crippen MR) is 105 cm³/mol. The van der Waals surface area contributed by atoms with Crippen LogP contribution in [0.3, 0.4) is 0 Å². The number of thiazole rings is 1. The van der Waals surface area contributed by atoms with Crippen LogP contribution in [0.15, 0.2) is 24.3 Å². The average molecular weight is 374 g/mol. The average Bonchev–Trinajstić information content (AvgIpc) is 3.04. The molecular weight excluding hydrogens is 346 g/mol. The molecule has 1 aromatic heterocycles. The smallest absolute Gasteiger partial charge is 0.223 e. The molecule has 0 saturated carbocycles. The third-order valence-electron chi connectivity index (χ3n) is 4.77. The molecule has 3 rings (SSSR count). The molecular formula is C20H27N3O2S. The highest BCUT2D eigenvalue weighted by Crippen LogP contribution is 2.23. The molecule has 0 aliphatic carbocycles. The summed E-state index contributed by atoms with van der Waals surface area (Å²) in [5, 5.41) is 4.07. The van der Waals surface area contributed by atoms with Crippen molar-refractivity contribution in [1.82, 2.24) is 15.2 Å². The lowest BCUT2D eigenvalue weighted by Crippen LogP contribution is -2.44. The van der Waals surface area contributed by atoms with E-state index in [2.05, 4.69) is 16.4 Å². The molecule has 2 amide bonds. The summed E-state index contributed by atoms with van der Waals surface area (Å²) in [4.78, 5) is 31.0. The number of hydrogen-bond donors (Lipinski definition) is 1. The molecule has 0 atom stereocenters. The summed E-state index contributed by atoms with van der Waals surface area (Å²) in [5.74, 6) is 0.376. The number of para-hydroxylation sites is 1. The first-order valence-corrected chi connectivity index (χ1v) is 10.3. The van der Waals surface area contributed by atoms with Crippen LogP contribution in [0, 0.1) is 5.92 Å². The number of fused-ring (bicyclic) bond motifs is 1. The van der Waals surface area contributed by atoms with Gasteiger partial charge in [-0.05, 0) is 51.7 Å². The number of carbonyl (C=O) groups is 2. The number of piperidine rings is 1. The van der Waals surface area contributed by atoms with Gasteiger partial charge in [0.05, 0.1) is 15.2 Å². The molecule has 1 aliphatic rings. The van der Waals surface area contributed by atoms with E-state index in [1.807, 2.05) is 36.9 Å². The predicted octanol–water partition coefficient (Wildman–Crippen LogP) is 3.38. The van der Waals surface area contributed by atoms with Crippen LogP contribution in [0.1, 0.15) is 44.5 Å². The number of carbonyl (C=O) groups excluding carboxylic acids is 2. The van der Waals surface area contributed by atoms with Gasteiger partial charge in [-0.1, -0.05) is 12.1 Å². The van der Waals surface area contributed by atoms with Gasteiger partial charge in [0, 0.05) is 31.5 Å². The molecule has 0 unspecified atom stereocenters. The van der Waals surface area contributed by atoms with Crippen molar-refractivity contribution in [2.75, 3.05) is 13.1 Å². The van der Waals surface area contributed by atoms with Crippen molar-refractivity contribution < 1.29 is 9.59 Å². The Morgan fingerprint density at radius 2 is 2.00 bits per heavy atom. The van der Waals surface area contributed by atoms with Crippen molar-refractivity contribution >= 4 is 33.4 Å². The molecule has 26 heavy (non-hydrogen) atoms. The van der Waals surface area contributed by atoms with Gasteiger partial charge in [0.25, 0.3) is 0 Å². The van der Waals surface area contributed by atoms with Gasteiger partial charge in [-0.15, -0.1) is 11.3 Å². The fourth-order valence-electron chi connectivity index (χ4n) is 3.37. The van der Waals surface area contributed by atoms with E-state index in [1.54, 1.807) is 11.3 Å². The first kappa shape index (κ1) is 18.8. The second-order valence-electron chi connectivity index (χ2n) is 7.25. The summed E-state index contributed by atoms with van der Waals surface area (Å²) < 4.78 is 1.20. The Morgan fingerprint density at radius 1 is 1.27 bits per heavy atom. The number of nitrogens with one attached hydrogen (secondary N) is 1. The Kier molecular flexibility index (Phi) is 6.25. The van der Waals surface area contributed by atoms with Crippen LogP contribution in [0.4, 0.5) is 0 Å². The normalized spacial score (nSPS) is 15.6. The fraction of sp³-hybridized carbons (Fsp3) is 0.550. The quantitative estimate of drug-likeness (QED) is 0.844. The number of aryl methyl sites for hydroxylation is 1. The van der Waals surface area contributed by atoms with Gasteiger partial charge >= 0.3 is 0 Å². The minimum absolute atomic E-state index is 0.0456. The molecule has 1 N–H and O–H groups in total. The van der Waals surface area contributed by atoms with Crippen LogP contribution in [0.5, 0.6) is 0 Å². The van der Waals surface area contributed by atoms with E-state index in [9.17, 15) is 9.59 Å². The van der Waals surface area contributed by atoms with Crippen LogP contribution >= 0.6 is 11.3 Å². The van der Waals surface area contributed by atoms with Crippen molar-refractivity contribution in [3.63, 3.8) is 0 Å². The van der Waals surface area contributed by atoms with Crippen LogP contribution in [0.2, 0.25) is 0 Å². The first-order chi connectivity index (χ1) is 12.5. The maximum Gasteiger partial charge on any atom is 0.223 e. The molecule has 1 aliphatic heterocycles. The summed E-state index contributed by atoms with van der Waals surface area (Å²) in [6.45, 7) is 5.33. The lowest BCUT2D eigenvalue weighted by atomic mass is 9.95. The molecule has 2 heterocycles. The number of nitrogens with zero attached hydrogens (tertiary/aromatic N) is 2. The van der Waals surface area contributed by atoms with Gasteiger partial charge in [-0.3, -0.25) is 9.59 Å². The number of benzene rings is 1. The van der Waals surface area contributed by atoms with Crippen molar-refractivity contribution in [2.45, 2.75) is 52.0 Å². The van der Waals surface area contributed by atoms with Crippen molar-refractivity contribution in [3.8, 4) is 0 Å². The van der Waals surface area contributed by atoms with Crippen LogP contribution < -0.4 is 5.32 Å². The number of hydrogen-bond acceptors (Lipinski definition) is 4. The van der Waals surface area contributed by atoms with Gasteiger partial charge in [0.1, 0.15) is 0 Å². The Balaban J connectivity index is 1.41. The lowest BCUT2D eigenvalue weighted by Gasteiger charge is -2.31.